The van der Waals surface area contributed by atoms with Crippen LogP contribution in [0.5, 0.6) is 11.5 Å². The predicted octanol–water partition coefficient (Wildman–Crippen LogP) is 6.26. The Morgan fingerprint density at radius 2 is 1.40 bits per heavy atom. The number of thiocarbonyl (C=S) groups is 1. The monoisotopic (exact) mass is 484 g/mol. The Balaban J connectivity index is 1.77. The molecule has 1 N–H and O–H groups in total. The number of nitrogens with zero attached hydrogens (tertiary/aromatic N) is 1. The Hall–Kier alpha value is -2.57. The lowest BCUT2D eigenvalue weighted by Gasteiger charge is -2.26. The molecule has 0 fully saturated rings. The molecule has 156 valence electrons. The molecule has 3 aromatic carbocycles. The van der Waals surface area contributed by atoms with Crippen LogP contribution in [0.1, 0.15) is 18.1 Å². The summed E-state index contributed by atoms with van der Waals surface area (Å²) in [4.78, 5) is 2.15. The first-order valence-corrected chi connectivity index (χ1v) is 10.9. The first kappa shape index (κ1) is 22.1. The number of hydrogen-bond donors (Lipinski definition) is 1. The van der Waals surface area contributed by atoms with Crippen LogP contribution in [0.15, 0.2) is 77.3 Å². The number of nitrogens with one attached hydrogen (secondary N) is 1. The highest BCUT2D eigenvalue weighted by molar-refractivity contribution is 9.10. The summed E-state index contributed by atoms with van der Waals surface area (Å²) in [6.07, 6.45) is 0. The third kappa shape index (κ3) is 6.47. The second-order valence-electron chi connectivity index (χ2n) is 6.72. The van der Waals surface area contributed by atoms with E-state index < -0.39 is 0 Å². The summed E-state index contributed by atoms with van der Waals surface area (Å²) in [6.45, 7) is 4.00. The van der Waals surface area contributed by atoms with Crippen LogP contribution in [0.3, 0.4) is 0 Å². The van der Waals surface area contributed by atoms with Crippen molar-refractivity contribution in [2.75, 3.05) is 19.0 Å². The third-order valence-corrected chi connectivity index (χ3v) is 5.41. The van der Waals surface area contributed by atoms with Gasteiger partial charge in [-0.1, -0.05) is 40.2 Å². The molecule has 6 heteroatoms. The van der Waals surface area contributed by atoms with Gasteiger partial charge < -0.3 is 19.7 Å². The molecular formula is C24H25BrN2O2S. The molecular weight excluding hydrogens is 460 g/mol. The zero-order valence-electron chi connectivity index (χ0n) is 17.1. The van der Waals surface area contributed by atoms with E-state index in [1.807, 2.05) is 55.5 Å². The van der Waals surface area contributed by atoms with E-state index in [2.05, 4.69) is 50.4 Å². The van der Waals surface area contributed by atoms with Crippen molar-refractivity contribution in [2.24, 2.45) is 0 Å². The zero-order valence-corrected chi connectivity index (χ0v) is 19.5. The second kappa shape index (κ2) is 11.0. The molecule has 0 aliphatic carbocycles. The van der Waals surface area contributed by atoms with Crippen molar-refractivity contribution in [3.63, 3.8) is 0 Å². The fourth-order valence-electron chi connectivity index (χ4n) is 2.96. The number of anilines is 1. The minimum absolute atomic E-state index is 0.657. The maximum Gasteiger partial charge on any atom is 0.174 e. The molecule has 0 radical (unpaired) electrons. The van der Waals surface area contributed by atoms with Crippen LogP contribution >= 0.6 is 28.1 Å². The van der Waals surface area contributed by atoms with Crippen molar-refractivity contribution >= 4 is 38.9 Å². The lowest BCUT2D eigenvalue weighted by Crippen LogP contribution is -2.33. The highest BCUT2D eigenvalue weighted by Gasteiger charge is 2.12. The van der Waals surface area contributed by atoms with Gasteiger partial charge in [0, 0.05) is 23.2 Å². The molecule has 4 nitrogen and oxygen atoms in total. The average Bonchev–Trinajstić information content (AvgIpc) is 2.77. The smallest absolute Gasteiger partial charge is 0.174 e. The molecule has 0 amide bonds. The molecule has 0 aliphatic heterocycles. The quantitative estimate of drug-likeness (QED) is 0.381. The van der Waals surface area contributed by atoms with Crippen molar-refractivity contribution in [3.05, 3.63) is 88.4 Å². The van der Waals surface area contributed by atoms with Crippen molar-refractivity contribution < 1.29 is 9.47 Å². The van der Waals surface area contributed by atoms with Gasteiger partial charge in [-0.05, 0) is 78.8 Å². The molecule has 0 unspecified atom stereocenters. The van der Waals surface area contributed by atoms with Crippen LogP contribution < -0.4 is 14.8 Å². The van der Waals surface area contributed by atoms with Crippen molar-refractivity contribution in [2.45, 2.75) is 20.0 Å². The Morgan fingerprint density at radius 1 is 0.867 bits per heavy atom. The summed E-state index contributed by atoms with van der Waals surface area (Å²) < 4.78 is 11.9. The van der Waals surface area contributed by atoms with E-state index in [1.54, 1.807) is 7.11 Å². The number of benzene rings is 3. The lowest BCUT2D eigenvalue weighted by atomic mass is 10.1. The average molecular weight is 485 g/mol. The Labute approximate surface area is 191 Å². The van der Waals surface area contributed by atoms with Crippen LogP contribution in [0.2, 0.25) is 0 Å². The summed E-state index contributed by atoms with van der Waals surface area (Å²) in [7, 11) is 1.67. The molecule has 3 aromatic rings. The summed E-state index contributed by atoms with van der Waals surface area (Å²) in [5.41, 5.74) is 3.27. The highest BCUT2D eigenvalue weighted by Crippen LogP contribution is 2.19. The fraction of sp³-hybridized carbons (Fsp3) is 0.208. The van der Waals surface area contributed by atoms with Gasteiger partial charge in [-0.15, -0.1) is 0 Å². The molecule has 0 atom stereocenters. The number of methoxy groups -OCH3 is 1. The highest BCUT2D eigenvalue weighted by atomic mass is 79.9. The van der Waals surface area contributed by atoms with Gasteiger partial charge in [-0.3, -0.25) is 0 Å². The number of ether oxygens (including phenoxy) is 2. The minimum atomic E-state index is 0.657. The Bertz CT molecular complexity index is 944. The van der Waals surface area contributed by atoms with E-state index in [-0.39, 0.29) is 0 Å². The van der Waals surface area contributed by atoms with E-state index >= 15 is 0 Å². The molecule has 0 saturated heterocycles. The Kier molecular flexibility index (Phi) is 8.11. The summed E-state index contributed by atoms with van der Waals surface area (Å²) in [6, 6.07) is 24.2. The zero-order chi connectivity index (χ0) is 21.3. The van der Waals surface area contributed by atoms with Crippen LogP contribution in [-0.4, -0.2) is 23.7 Å². The topological polar surface area (TPSA) is 33.7 Å². The molecule has 0 aliphatic rings. The standard InChI is InChI=1S/C24H25BrN2O2S/c1-3-29-23-14-6-19(7-15-23)17-27(16-18-4-12-22(28-2)13-5-18)24(30)26-21-10-8-20(25)9-11-21/h4-15H,3,16-17H2,1-2H3,(H,26,30). The molecule has 0 spiro atoms. The minimum Gasteiger partial charge on any atom is -0.497 e. The first-order chi connectivity index (χ1) is 14.6. The predicted molar refractivity (Wildman–Crippen MR) is 130 cm³/mol. The fourth-order valence-corrected chi connectivity index (χ4v) is 3.48. The van der Waals surface area contributed by atoms with Gasteiger partial charge in [0.05, 0.1) is 13.7 Å². The first-order valence-electron chi connectivity index (χ1n) is 9.73. The van der Waals surface area contributed by atoms with E-state index in [1.165, 1.54) is 0 Å². The summed E-state index contributed by atoms with van der Waals surface area (Å²) in [5, 5.41) is 4.02. The van der Waals surface area contributed by atoms with E-state index in [9.17, 15) is 0 Å². The molecule has 0 aromatic heterocycles. The SMILES string of the molecule is CCOc1ccc(CN(Cc2ccc(OC)cc2)C(=S)Nc2ccc(Br)cc2)cc1. The van der Waals surface area contributed by atoms with Crippen molar-refractivity contribution in [1.29, 1.82) is 0 Å². The van der Waals surface area contributed by atoms with E-state index in [0.717, 1.165) is 32.8 Å². The molecule has 0 bridgehead atoms. The Morgan fingerprint density at radius 3 is 1.90 bits per heavy atom. The van der Waals surface area contributed by atoms with Gasteiger partial charge in [0.2, 0.25) is 0 Å². The number of hydrogen-bond acceptors (Lipinski definition) is 3. The number of rotatable bonds is 8. The molecule has 3 rings (SSSR count). The van der Waals surface area contributed by atoms with Gasteiger partial charge in [-0.25, -0.2) is 0 Å². The second-order valence-corrected chi connectivity index (χ2v) is 8.02. The lowest BCUT2D eigenvalue weighted by molar-refractivity contribution is 0.340. The van der Waals surface area contributed by atoms with Crippen LogP contribution in [0, 0.1) is 0 Å². The van der Waals surface area contributed by atoms with Crippen LogP contribution in [0.4, 0.5) is 5.69 Å². The van der Waals surface area contributed by atoms with E-state index in [0.29, 0.717) is 24.8 Å². The van der Waals surface area contributed by atoms with Crippen LogP contribution in [0.25, 0.3) is 0 Å². The normalized spacial score (nSPS) is 10.4. The molecule has 0 saturated carbocycles. The van der Waals surface area contributed by atoms with Gasteiger partial charge >= 0.3 is 0 Å². The van der Waals surface area contributed by atoms with Crippen molar-refractivity contribution in [1.82, 2.24) is 4.90 Å². The van der Waals surface area contributed by atoms with Crippen LogP contribution in [-0.2, 0) is 13.1 Å². The number of halogens is 1. The molecule has 0 heterocycles. The van der Waals surface area contributed by atoms with Crippen molar-refractivity contribution in [3.8, 4) is 11.5 Å². The maximum absolute atomic E-state index is 5.76. The van der Waals surface area contributed by atoms with Gasteiger partial charge in [0.1, 0.15) is 11.5 Å². The maximum atomic E-state index is 5.76. The third-order valence-electron chi connectivity index (χ3n) is 4.52. The summed E-state index contributed by atoms with van der Waals surface area (Å²) >= 11 is 9.22. The van der Waals surface area contributed by atoms with Gasteiger partial charge in [0.25, 0.3) is 0 Å². The van der Waals surface area contributed by atoms with Gasteiger partial charge in [-0.2, -0.15) is 0 Å². The largest absolute Gasteiger partial charge is 0.497 e. The van der Waals surface area contributed by atoms with E-state index in [4.69, 9.17) is 21.7 Å². The molecule has 30 heavy (non-hydrogen) atoms. The van der Waals surface area contributed by atoms with Gasteiger partial charge in [0.15, 0.2) is 5.11 Å². The summed E-state index contributed by atoms with van der Waals surface area (Å²) in [5.74, 6) is 1.71.